The average Bonchev–Trinajstić information content (AvgIpc) is 2.98. The largest absolute Gasteiger partial charge is 0.322 e. The zero-order chi connectivity index (χ0) is 17.0. The summed E-state index contributed by atoms with van der Waals surface area (Å²) >= 11 is 3.15. The van der Waals surface area contributed by atoms with Gasteiger partial charge in [0.1, 0.15) is 11.9 Å². The number of rotatable bonds is 6. The van der Waals surface area contributed by atoms with E-state index in [1.165, 1.54) is 16.4 Å². The molecule has 1 aliphatic heterocycles. The predicted octanol–water partition coefficient (Wildman–Crippen LogP) is 3.12. The van der Waals surface area contributed by atoms with Crippen LogP contribution in [-0.2, 0) is 14.8 Å². The molecule has 0 saturated carbocycles. The molecule has 8 heteroatoms. The predicted molar refractivity (Wildman–Crippen MR) is 91.2 cm³/mol. The first-order chi connectivity index (χ1) is 10.8. The van der Waals surface area contributed by atoms with Crippen molar-refractivity contribution in [1.29, 1.82) is 0 Å². The number of unbranched alkanes of at least 4 members (excludes halogenated alkanes) is 1. The van der Waals surface area contributed by atoms with E-state index in [1.807, 2.05) is 6.92 Å². The second-order valence-electron chi connectivity index (χ2n) is 5.55. The molecular weight excluding hydrogens is 387 g/mol. The monoisotopic (exact) mass is 406 g/mol. The molecule has 1 N–H and O–H groups in total. The van der Waals surface area contributed by atoms with Crippen molar-refractivity contribution in [3.8, 4) is 0 Å². The van der Waals surface area contributed by atoms with Gasteiger partial charge in [0.15, 0.2) is 0 Å². The molecule has 1 saturated heterocycles. The topological polar surface area (TPSA) is 66.5 Å². The van der Waals surface area contributed by atoms with Crippen molar-refractivity contribution in [2.75, 3.05) is 17.6 Å². The minimum atomic E-state index is -3.45. The summed E-state index contributed by atoms with van der Waals surface area (Å²) in [5.74, 6) is -1.00. The van der Waals surface area contributed by atoms with Gasteiger partial charge in [-0.25, -0.2) is 12.8 Å². The second kappa shape index (κ2) is 7.72. The smallest absolute Gasteiger partial charge is 0.242 e. The molecule has 2 rings (SSSR count). The molecule has 1 fully saturated rings. The first-order valence-corrected chi connectivity index (χ1v) is 10.0. The van der Waals surface area contributed by atoms with Crippen LogP contribution in [0.1, 0.15) is 32.6 Å². The fraction of sp³-hybridized carbons (Fsp3) is 0.533. The maximum absolute atomic E-state index is 13.8. The molecule has 0 bridgehead atoms. The molecule has 1 aromatic rings. The molecule has 0 radical (unpaired) electrons. The van der Waals surface area contributed by atoms with Crippen LogP contribution in [-0.4, -0.2) is 37.0 Å². The Bertz CT molecular complexity index is 681. The highest BCUT2D eigenvalue weighted by atomic mass is 79.9. The van der Waals surface area contributed by atoms with Crippen LogP contribution in [0.5, 0.6) is 0 Å². The third-order valence-corrected chi connectivity index (χ3v) is 6.26. The van der Waals surface area contributed by atoms with Crippen LogP contribution < -0.4 is 5.32 Å². The van der Waals surface area contributed by atoms with Gasteiger partial charge in [0, 0.05) is 11.0 Å². The van der Waals surface area contributed by atoms with E-state index in [4.69, 9.17) is 0 Å². The third kappa shape index (κ3) is 4.51. The minimum absolute atomic E-state index is 0.0416. The molecular formula is C15H20BrFN2O3S. The highest BCUT2D eigenvalue weighted by molar-refractivity contribution is 9.10. The highest BCUT2D eigenvalue weighted by Gasteiger charge is 2.38. The maximum atomic E-state index is 13.8. The van der Waals surface area contributed by atoms with Crippen molar-refractivity contribution in [3.63, 3.8) is 0 Å². The number of anilines is 1. The molecule has 1 heterocycles. The van der Waals surface area contributed by atoms with Gasteiger partial charge in [-0.15, -0.1) is 0 Å². The van der Waals surface area contributed by atoms with Crippen LogP contribution >= 0.6 is 15.9 Å². The van der Waals surface area contributed by atoms with E-state index in [1.54, 1.807) is 6.07 Å². The Morgan fingerprint density at radius 2 is 2.22 bits per heavy atom. The zero-order valence-corrected chi connectivity index (χ0v) is 15.3. The molecule has 1 unspecified atom stereocenters. The van der Waals surface area contributed by atoms with Gasteiger partial charge in [0.2, 0.25) is 15.9 Å². The Hall–Kier alpha value is -0.990. The molecule has 1 atom stereocenters. The SMILES string of the molecule is CCCCS(=O)(=O)N1CCCC1C(=O)Nc1ccc(Br)cc1F. The number of carbonyl (C=O) groups is 1. The van der Waals surface area contributed by atoms with Gasteiger partial charge in [-0.05, 0) is 37.5 Å². The number of hydrogen-bond acceptors (Lipinski definition) is 3. The average molecular weight is 407 g/mol. The number of sulfonamides is 1. The zero-order valence-electron chi connectivity index (χ0n) is 12.9. The lowest BCUT2D eigenvalue weighted by Gasteiger charge is -2.23. The Labute approximate surface area is 144 Å². The fourth-order valence-corrected chi connectivity index (χ4v) is 4.80. The van der Waals surface area contributed by atoms with Crippen molar-refractivity contribution in [3.05, 3.63) is 28.5 Å². The lowest BCUT2D eigenvalue weighted by atomic mass is 10.2. The first-order valence-electron chi connectivity index (χ1n) is 7.60. The molecule has 128 valence electrons. The highest BCUT2D eigenvalue weighted by Crippen LogP contribution is 2.25. The number of benzene rings is 1. The standard InChI is InChI=1S/C15H20BrFN2O3S/c1-2-3-9-23(21,22)19-8-4-5-14(19)15(20)18-13-7-6-11(16)10-12(13)17/h6-7,10,14H,2-5,8-9H2,1H3,(H,18,20). The van der Waals surface area contributed by atoms with Crippen LogP contribution in [0.15, 0.2) is 22.7 Å². The summed E-state index contributed by atoms with van der Waals surface area (Å²) in [6.07, 6.45) is 2.42. The van der Waals surface area contributed by atoms with E-state index in [9.17, 15) is 17.6 Å². The minimum Gasteiger partial charge on any atom is -0.322 e. The number of nitrogens with zero attached hydrogens (tertiary/aromatic N) is 1. The van der Waals surface area contributed by atoms with Crippen molar-refractivity contribution in [1.82, 2.24) is 4.31 Å². The summed E-state index contributed by atoms with van der Waals surface area (Å²) in [7, 11) is -3.45. The molecule has 0 aromatic heterocycles. The summed E-state index contributed by atoms with van der Waals surface area (Å²) in [6.45, 7) is 2.26. The van der Waals surface area contributed by atoms with Gasteiger partial charge in [-0.1, -0.05) is 29.3 Å². The number of halogens is 2. The Morgan fingerprint density at radius 1 is 1.48 bits per heavy atom. The molecule has 5 nitrogen and oxygen atoms in total. The normalized spacial score (nSPS) is 19.0. The third-order valence-electron chi connectivity index (χ3n) is 3.81. The number of hydrogen-bond donors (Lipinski definition) is 1. The van der Waals surface area contributed by atoms with Gasteiger partial charge >= 0.3 is 0 Å². The van der Waals surface area contributed by atoms with Crippen LogP contribution in [0.2, 0.25) is 0 Å². The van der Waals surface area contributed by atoms with E-state index in [0.29, 0.717) is 30.3 Å². The molecule has 1 amide bonds. The summed E-state index contributed by atoms with van der Waals surface area (Å²) < 4.78 is 40.3. The quantitative estimate of drug-likeness (QED) is 0.788. The van der Waals surface area contributed by atoms with E-state index in [2.05, 4.69) is 21.2 Å². The number of nitrogens with one attached hydrogen (secondary N) is 1. The van der Waals surface area contributed by atoms with Crippen molar-refractivity contribution in [2.24, 2.45) is 0 Å². The summed E-state index contributed by atoms with van der Waals surface area (Å²) in [4.78, 5) is 12.4. The van der Waals surface area contributed by atoms with Crippen molar-refractivity contribution >= 4 is 37.5 Å². The van der Waals surface area contributed by atoms with Crippen LogP contribution in [0.25, 0.3) is 0 Å². The Morgan fingerprint density at radius 3 is 2.87 bits per heavy atom. The molecule has 1 aromatic carbocycles. The van der Waals surface area contributed by atoms with Crippen molar-refractivity contribution in [2.45, 2.75) is 38.6 Å². The number of carbonyl (C=O) groups excluding carboxylic acids is 1. The first kappa shape index (κ1) is 18.4. The van der Waals surface area contributed by atoms with Gasteiger partial charge in [0.05, 0.1) is 11.4 Å². The van der Waals surface area contributed by atoms with Crippen molar-refractivity contribution < 1.29 is 17.6 Å². The molecule has 0 aliphatic carbocycles. The van der Waals surface area contributed by atoms with Crippen LogP contribution in [0.3, 0.4) is 0 Å². The number of amides is 1. The second-order valence-corrected chi connectivity index (χ2v) is 8.51. The Kier molecular flexibility index (Phi) is 6.16. The fourth-order valence-electron chi connectivity index (χ4n) is 2.59. The molecule has 0 spiro atoms. The molecule has 1 aliphatic rings. The summed E-state index contributed by atoms with van der Waals surface area (Å²) in [5.41, 5.74) is 0.0519. The summed E-state index contributed by atoms with van der Waals surface area (Å²) in [6, 6.07) is 3.55. The van der Waals surface area contributed by atoms with Gasteiger partial charge in [0.25, 0.3) is 0 Å². The van der Waals surface area contributed by atoms with E-state index < -0.39 is 27.8 Å². The van der Waals surface area contributed by atoms with Crippen LogP contribution in [0, 0.1) is 5.82 Å². The maximum Gasteiger partial charge on any atom is 0.242 e. The van der Waals surface area contributed by atoms with E-state index in [-0.39, 0.29) is 11.4 Å². The van der Waals surface area contributed by atoms with Crippen LogP contribution in [0.4, 0.5) is 10.1 Å². The van der Waals surface area contributed by atoms with E-state index in [0.717, 1.165) is 6.42 Å². The van der Waals surface area contributed by atoms with E-state index >= 15 is 0 Å². The van der Waals surface area contributed by atoms with Gasteiger partial charge in [-0.3, -0.25) is 4.79 Å². The van der Waals surface area contributed by atoms with Gasteiger partial charge < -0.3 is 5.32 Å². The lowest BCUT2D eigenvalue weighted by molar-refractivity contribution is -0.119. The lowest BCUT2D eigenvalue weighted by Crippen LogP contribution is -2.44. The Balaban J connectivity index is 2.11. The molecule has 23 heavy (non-hydrogen) atoms. The van der Waals surface area contributed by atoms with Gasteiger partial charge in [-0.2, -0.15) is 4.31 Å². The summed E-state index contributed by atoms with van der Waals surface area (Å²) in [5, 5.41) is 2.50.